The Labute approximate surface area is 250 Å². The molecule has 7 rings (SSSR count). The molecule has 1 spiro atoms. The number of carbonyl (C=O) groups excluding carboxylic acids is 1. The van der Waals surface area contributed by atoms with E-state index < -0.39 is 23.2 Å². The number of hydrogen-bond acceptors (Lipinski definition) is 5. The molecule has 42 heavy (non-hydrogen) atoms. The van der Waals surface area contributed by atoms with E-state index in [1.807, 2.05) is 6.07 Å². The smallest absolute Gasteiger partial charge is 0.335 e. The SMILES string of the molecule is Cc1cc2n[nH]c(OC[C@H]3C[C@H](c4cccc(Cl)c4F)[C@]4(C(=O)Nc5cc(Cl)ccc54)N3CC3CC3)c2cc1C(=O)O. The van der Waals surface area contributed by atoms with Crippen LogP contribution in [-0.2, 0) is 10.3 Å². The van der Waals surface area contributed by atoms with Crippen LogP contribution in [0.1, 0.15) is 52.2 Å². The van der Waals surface area contributed by atoms with Gasteiger partial charge >= 0.3 is 5.97 Å². The van der Waals surface area contributed by atoms with Crippen molar-refractivity contribution in [3.63, 3.8) is 0 Å². The van der Waals surface area contributed by atoms with Gasteiger partial charge in [-0.15, -0.1) is 0 Å². The summed E-state index contributed by atoms with van der Waals surface area (Å²) >= 11 is 12.6. The number of likely N-dealkylation sites (tertiary alicyclic amines) is 1. The summed E-state index contributed by atoms with van der Waals surface area (Å²) < 4.78 is 22.0. The van der Waals surface area contributed by atoms with Gasteiger partial charge < -0.3 is 15.2 Å². The molecule has 0 radical (unpaired) electrons. The van der Waals surface area contributed by atoms with E-state index in [9.17, 15) is 14.7 Å². The number of carbonyl (C=O) groups is 2. The van der Waals surface area contributed by atoms with Gasteiger partial charge in [-0.2, -0.15) is 5.10 Å². The molecule has 1 aliphatic carbocycles. The lowest BCUT2D eigenvalue weighted by molar-refractivity contribution is -0.128. The average molecular weight is 609 g/mol. The zero-order valence-electron chi connectivity index (χ0n) is 22.6. The van der Waals surface area contributed by atoms with E-state index in [2.05, 4.69) is 20.4 Å². The number of aromatic amines is 1. The summed E-state index contributed by atoms with van der Waals surface area (Å²) in [4.78, 5) is 28.1. The van der Waals surface area contributed by atoms with Crippen molar-refractivity contribution in [1.82, 2.24) is 15.1 Å². The molecule has 3 aliphatic rings. The number of ether oxygens (including phenoxy) is 1. The fourth-order valence-corrected chi connectivity index (χ4v) is 7.16. The maximum absolute atomic E-state index is 15.7. The highest BCUT2D eigenvalue weighted by molar-refractivity contribution is 6.31. The van der Waals surface area contributed by atoms with Gasteiger partial charge in [0.1, 0.15) is 18.0 Å². The number of nitrogens with zero attached hydrogens (tertiary/aromatic N) is 2. The first-order chi connectivity index (χ1) is 20.2. The standard InChI is InChI=1S/C31H27Cl2FN4O4/c1-15-9-25-21(12-20(15)29(39)40)28(37-36-25)42-14-18-11-23(19-3-2-4-24(33)27(19)34)31(38(18)13-16-5-6-16)22-8-7-17(32)10-26(22)35-30(31)41/h2-4,7-10,12,16,18,23H,5-6,11,13-14H2,1H3,(H,35,41)(H,36,37)(H,39,40)/t18-,23-,31-/m1/s1. The van der Waals surface area contributed by atoms with E-state index in [1.54, 1.807) is 43.3 Å². The Kier molecular flexibility index (Phi) is 6.45. The van der Waals surface area contributed by atoms with Gasteiger partial charge in [0.05, 0.1) is 21.5 Å². The molecule has 3 aromatic carbocycles. The molecule has 3 heterocycles. The first-order valence-electron chi connectivity index (χ1n) is 13.9. The highest BCUT2D eigenvalue weighted by Gasteiger charge is 2.64. The third-order valence-corrected chi connectivity index (χ3v) is 9.44. The number of H-pyrrole nitrogens is 1. The van der Waals surface area contributed by atoms with E-state index in [0.29, 0.717) is 57.5 Å². The lowest BCUT2D eigenvalue weighted by atomic mass is 9.75. The topological polar surface area (TPSA) is 108 Å². The maximum atomic E-state index is 15.7. The monoisotopic (exact) mass is 608 g/mol. The molecule has 3 N–H and O–H groups in total. The van der Waals surface area contributed by atoms with Crippen LogP contribution in [0.2, 0.25) is 10.0 Å². The van der Waals surface area contributed by atoms with Crippen molar-refractivity contribution >= 4 is 51.7 Å². The van der Waals surface area contributed by atoms with Crippen LogP contribution in [0.25, 0.3) is 10.9 Å². The molecule has 1 amide bonds. The minimum atomic E-state index is -1.20. The zero-order valence-corrected chi connectivity index (χ0v) is 24.1. The van der Waals surface area contributed by atoms with Gasteiger partial charge in [0.2, 0.25) is 11.8 Å². The molecule has 2 aliphatic heterocycles. The molecule has 0 bridgehead atoms. The summed E-state index contributed by atoms with van der Waals surface area (Å²) in [6.07, 6.45) is 2.52. The van der Waals surface area contributed by atoms with Crippen LogP contribution in [0.15, 0.2) is 48.5 Å². The first kappa shape index (κ1) is 27.2. The number of carboxylic acid groups (broad SMARTS) is 1. The minimum absolute atomic E-state index is 0.000662. The van der Waals surface area contributed by atoms with Gasteiger partial charge in [0, 0.05) is 34.8 Å². The van der Waals surface area contributed by atoms with Crippen LogP contribution in [0, 0.1) is 18.7 Å². The van der Waals surface area contributed by atoms with Gasteiger partial charge in [0.15, 0.2) is 0 Å². The highest BCUT2D eigenvalue weighted by Crippen LogP contribution is 2.58. The predicted molar refractivity (Wildman–Crippen MR) is 157 cm³/mol. The summed E-state index contributed by atoms with van der Waals surface area (Å²) in [6, 6.07) is 13.2. The normalized spacial score (nSPS) is 23.5. The first-order valence-corrected chi connectivity index (χ1v) is 14.6. The second-order valence-corrected chi connectivity index (χ2v) is 12.3. The summed E-state index contributed by atoms with van der Waals surface area (Å²) in [5, 5.41) is 20.9. The maximum Gasteiger partial charge on any atom is 0.335 e. The van der Waals surface area contributed by atoms with Gasteiger partial charge in [-0.25, -0.2) is 14.3 Å². The van der Waals surface area contributed by atoms with E-state index in [4.69, 9.17) is 27.9 Å². The van der Waals surface area contributed by atoms with Gasteiger partial charge in [-0.05, 0) is 73.6 Å². The largest absolute Gasteiger partial charge is 0.478 e. The zero-order chi connectivity index (χ0) is 29.3. The number of fused-ring (bicyclic) bond motifs is 3. The molecule has 0 unspecified atom stereocenters. The fraction of sp³-hybridized carbons (Fsp3) is 0.323. The summed E-state index contributed by atoms with van der Waals surface area (Å²) in [6.45, 7) is 2.52. The van der Waals surface area contributed by atoms with Crippen LogP contribution < -0.4 is 10.1 Å². The number of carboxylic acids is 1. The Hall–Kier alpha value is -3.66. The minimum Gasteiger partial charge on any atom is -0.478 e. The van der Waals surface area contributed by atoms with Crippen molar-refractivity contribution in [3.8, 4) is 5.88 Å². The third kappa shape index (κ3) is 4.17. The molecule has 3 atom stereocenters. The molecular weight excluding hydrogens is 582 g/mol. The van der Waals surface area contributed by atoms with Gasteiger partial charge in [-0.1, -0.05) is 41.4 Å². The number of benzene rings is 3. The summed E-state index contributed by atoms with van der Waals surface area (Å²) in [5.41, 5.74) is 1.88. The molecule has 1 aromatic heterocycles. The number of aromatic carboxylic acids is 1. The summed E-state index contributed by atoms with van der Waals surface area (Å²) in [7, 11) is 0. The number of rotatable bonds is 7. The molecule has 1 saturated heterocycles. The molecule has 4 aromatic rings. The van der Waals surface area contributed by atoms with Crippen molar-refractivity contribution in [2.45, 2.75) is 43.7 Å². The number of halogens is 3. The molecule has 216 valence electrons. The van der Waals surface area contributed by atoms with Gasteiger partial charge in [-0.3, -0.25) is 9.69 Å². The Bertz CT molecular complexity index is 1770. The lowest BCUT2D eigenvalue weighted by Gasteiger charge is -2.40. The van der Waals surface area contributed by atoms with Crippen molar-refractivity contribution < 1.29 is 23.8 Å². The second-order valence-electron chi connectivity index (χ2n) is 11.4. The Morgan fingerprint density at radius 1 is 1.21 bits per heavy atom. The number of hydrogen-bond donors (Lipinski definition) is 3. The van der Waals surface area contributed by atoms with Crippen LogP contribution >= 0.6 is 23.2 Å². The lowest BCUT2D eigenvalue weighted by Crippen LogP contribution is -2.53. The van der Waals surface area contributed by atoms with E-state index in [1.165, 1.54) is 6.07 Å². The van der Waals surface area contributed by atoms with Crippen LogP contribution in [0.3, 0.4) is 0 Å². The Balaban J connectivity index is 1.32. The number of amides is 1. The molecule has 2 fully saturated rings. The number of nitrogens with one attached hydrogen (secondary N) is 2. The van der Waals surface area contributed by atoms with Crippen molar-refractivity contribution in [3.05, 3.63) is 86.6 Å². The van der Waals surface area contributed by atoms with Crippen LogP contribution in [0.4, 0.5) is 10.1 Å². The number of anilines is 1. The van der Waals surface area contributed by atoms with Crippen LogP contribution in [0.5, 0.6) is 5.88 Å². The third-order valence-electron chi connectivity index (χ3n) is 8.92. The van der Waals surface area contributed by atoms with E-state index in [0.717, 1.165) is 18.4 Å². The Morgan fingerprint density at radius 3 is 2.79 bits per heavy atom. The molecular formula is C31H27Cl2FN4O4. The van der Waals surface area contributed by atoms with E-state index in [-0.39, 0.29) is 29.1 Å². The Morgan fingerprint density at radius 2 is 2.02 bits per heavy atom. The fourth-order valence-electron chi connectivity index (χ4n) is 6.81. The van der Waals surface area contributed by atoms with Crippen molar-refractivity contribution in [2.24, 2.45) is 5.92 Å². The molecule has 8 nitrogen and oxygen atoms in total. The summed E-state index contributed by atoms with van der Waals surface area (Å²) in [5.74, 6) is -1.62. The molecule has 11 heteroatoms. The van der Waals surface area contributed by atoms with Crippen molar-refractivity contribution in [1.29, 1.82) is 0 Å². The van der Waals surface area contributed by atoms with E-state index >= 15 is 4.39 Å². The average Bonchev–Trinajstić information content (AvgIpc) is 3.51. The van der Waals surface area contributed by atoms with Crippen molar-refractivity contribution in [2.75, 3.05) is 18.5 Å². The highest BCUT2D eigenvalue weighted by atomic mass is 35.5. The van der Waals surface area contributed by atoms with Crippen LogP contribution in [-0.4, -0.2) is 51.3 Å². The predicted octanol–water partition coefficient (Wildman–Crippen LogP) is 6.51. The number of aromatic nitrogens is 2. The second kappa shape index (κ2) is 9.97. The molecule has 1 saturated carbocycles. The van der Waals surface area contributed by atoms with Gasteiger partial charge in [0.25, 0.3) is 0 Å². The number of aryl methyl sites for hydroxylation is 1. The quantitative estimate of drug-likeness (QED) is 0.221.